The molecule has 3 heterocycles. The van der Waals surface area contributed by atoms with Crippen molar-refractivity contribution in [1.29, 1.82) is 0 Å². The van der Waals surface area contributed by atoms with Crippen molar-refractivity contribution in [2.45, 2.75) is 57.8 Å². The largest absolute Gasteiger partial charge is 0.476 e. The van der Waals surface area contributed by atoms with E-state index in [2.05, 4.69) is 9.97 Å². The van der Waals surface area contributed by atoms with Crippen LogP contribution in [0.2, 0.25) is 0 Å². The fourth-order valence-corrected chi connectivity index (χ4v) is 3.90. The van der Waals surface area contributed by atoms with E-state index < -0.39 is 5.97 Å². The molecule has 7 heteroatoms. The van der Waals surface area contributed by atoms with Gasteiger partial charge in [0.25, 0.3) is 0 Å². The highest BCUT2D eigenvalue weighted by Gasteiger charge is 2.30. The smallest absolute Gasteiger partial charge is 0.356 e. The molecule has 2 aliphatic heterocycles. The quantitative estimate of drug-likeness (QED) is 0.860. The van der Waals surface area contributed by atoms with Gasteiger partial charge in [-0.1, -0.05) is 19.3 Å². The number of hydrogen-bond acceptors (Lipinski definition) is 3. The van der Waals surface area contributed by atoms with Crippen LogP contribution < -0.4 is 0 Å². The number of carbonyl (C=O) groups is 2. The summed E-state index contributed by atoms with van der Waals surface area (Å²) in [5.41, 5.74) is 0.664. The van der Waals surface area contributed by atoms with Crippen molar-refractivity contribution in [3.63, 3.8) is 0 Å². The van der Waals surface area contributed by atoms with E-state index in [4.69, 9.17) is 0 Å². The lowest BCUT2D eigenvalue weighted by Crippen LogP contribution is -2.48. The average Bonchev–Trinajstić information content (AvgIpc) is 2.96. The Labute approximate surface area is 148 Å². The number of piperidine rings is 1. The summed E-state index contributed by atoms with van der Waals surface area (Å²) < 4.78 is 0. The van der Waals surface area contributed by atoms with Crippen LogP contribution in [0.15, 0.2) is 0 Å². The van der Waals surface area contributed by atoms with Gasteiger partial charge in [0.15, 0.2) is 5.69 Å². The molecule has 0 aliphatic carbocycles. The van der Waals surface area contributed by atoms with Gasteiger partial charge in [0.2, 0.25) is 0 Å². The number of nitrogens with zero attached hydrogens (tertiary/aromatic N) is 3. The molecule has 2 amide bonds. The number of nitrogens with one attached hydrogen (secondary N) is 1. The molecule has 7 nitrogen and oxygen atoms in total. The van der Waals surface area contributed by atoms with Crippen molar-refractivity contribution >= 4 is 12.0 Å². The molecule has 1 aromatic rings. The molecule has 25 heavy (non-hydrogen) atoms. The minimum absolute atomic E-state index is 0.0826. The summed E-state index contributed by atoms with van der Waals surface area (Å²) in [4.78, 5) is 35.4. The highest BCUT2D eigenvalue weighted by atomic mass is 16.4. The lowest BCUT2D eigenvalue weighted by molar-refractivity contribution is 0.0689. The second-order valence-corrected chi connectivity index (χ2v) is 7.22. The van der Waals surface area contributed by atoms with Gasteiger partial charge in [0.05, 0.1) is 0 Å². The Bertz CT molecular complexity index is 620. The van der Waals surface area contributed by atoms with Crippen LogP contribution in [-0.4, -0.2) is 63.1 Å². The molecule has 2 fully saturated rings. The van der Waals surface area contributed by atoms with Crippen molar-refractivity contribution in [3.05, 3.63) is 17.2 Å². The van der Waals surface area contributed by atoms with E-state index in [1.165, 1.54) is 19.3 Å². The number of carboxylic acids is 1. The van der Waals surface area contributed by atoms with Crippen molar-refractivity contribution < 1.29 is 14.7 Å². The molecule has 0 radical (unpaired) electrons. The molecular weight excluding hydrogens is 320 g/mol. The molecule has 0 spiro atoms. The summed E-state index contributed by atoms with van der Waals surface area (Å²) in [6.45, 7) is 4.82. The molecule has 1 aromatic heterocycles. The van der Waals surface area contributed by atoms with Crippen LogP contribution >= 0.6 is 0 Å². The van der Waals surface area contributed by atoms with Crippen LogP contribution in [0, 0.1) is 6.92 Å². The Kier molecular flexibility index (Phi) is 5.60. The fraction of sp³-hybridized carbons (Fsp3) is 0.722. The lowest BCUT2D eigenvalue weighted by atomic mass is 9.97. The molecule has 1 unspecified atom stereocenters. The molecule has 2 N–H and O–H groups in total. The molecule has 0 aromatic carbocycles. The van der Waals surface area contributed by atoms with Gasteiger partial charge >= 0.3 is 12.0 Å². The number of rotatable bonds is 2. The highest BCUT2D eigenvalue weighted by molar-refractivity contribution is 5.86. The number of carboxylic acid groups (broad SMARTS) is 1. The molecule has 0 bridgehead atoms. The van der Waals surface area contributed by atoms with Crippen molar-refractivity contribution in [1.82, 2.24) is 19.8 Å². The molecule has 2 saturated heterocycles. The number of imidazole rings is 1. The predicted molar refractivity (Wildman–Crippen MR) is 93.9 cm³/mol. The monoisotopic (exact) mass is 348 g/mol. The van der Waals surface area contributed by atoms with Gasteiger partial charge in [0.1, 0.15) is 5.82 Å². The topological polar surface area (TPSA) is 89.5 Å². The van der Waals surface area contributed by atoms with E-state index in [0.29, 0.717) is 18.1 Å². The van der Waals surface area contributed by atoms with E-state index >= 15 is 0 Å². The Morgan fingerprint density at radius 2 is 1.68 bits per heavy atom. The van der Waals surface area contributed by atoms with Gasteiger partial charge < -0.3 is 19.9 Å². The zero-order valence-electron chi connectivity index (χ0n) is 15.0. The average molecular weight is 348 g/mol. The Morgan fingerprint density at radius 1 is 1.04 bits per heavy atom. The van der Waals surface area contributed by atoms with E-state index in [1.807, 2.05) is 9.80 Å². The highest BCUT2D eigenvalue weighted by Crippen LogP contribution is 2.27. The Hall–Kier alpha value is -2.05. The summed E-state index contributed by atoms with van der Waals surface area (Å²) in [5.74, 6) is -0.233. The van der Waals surface area contributed by atoms with Gasteiger partial charge in [-0.05, 0) is 32.6 Å². The third-order valence-electron chi connectivity index (χ3n) is 5.31. The molecule has 1 atom stereocenters. The maximum absolute atomic E-state index is 12.9. The predicted octanol–water partition coefficient (Wildman–Crippen LogP) is 2.98. The van der Waals surface area contributed by atoms with Gasteiger partial charge in [-0.2, -0.15) is 0 Å². The number of H-pyrrole nitrogens is 1. The first-order valence-corrected chi connectivity index (χ1v) is 9.40. The molecule has 3 rings (SSSR count). The second kappa shape index (κ2) is 7.89. The summed E-state index contributed by atoms with van der Waals surface area (Å²) >= 11 is 0. The van der Waals surface area contributed by atoms with Crippen LogP contribution in [0.5, 0.6) is 0 Å². The summed E-state index contributed by atoms with van der Waals surface area (Å²) in [6.07, 6.45) is 7.70. The number of amides is 2. The van der Waals surface area contributed by atoms with Crippen molar-refractivity contribution in [3.8, 4) is 0 Å². The van der Waals surface area contributed by atoms with Crippen molar-refractivity contribution in [2.24, 2.45) is 0 Å². The maximum Gasteiger partial charge on any atom is 0.356 e. The summed E-state index contributed by atoms with van der Waals surface area (Å²) in [6, 6.07) is 0.133. The van der Waals surface area contributed by atoms with Crippen LogP contribution in [0.1, 0.15) is 72.9 Å². The first-order valence-electron chi connectivity index (χ1n) is 9.40. The zero-order chi connectivity index (χ0) is 17.8. The number of aryl methyl sites for hydroxylation is 1. The van der Waals surface area contributed by atoms with Crippen LogP contribution in [-0.2, 0) is 0 Å². The molecule has 0 saturated carbocycles. The van der Waals surface area contributed by atoms with Gasteiger partial charge in [-0.3, -0.25) is 0 Å². The van der Waals surface area contributed by atoms with Crippen molar-refractivity contribution in [2.75, 3.05) is 26.2 Å². The van der Waals surface area contributed by atoms with E-state index in [9.17, 15) is 14.7 Å². The number of urea groups is 1. The first-order chi connectivity index (χ1) is 12.1. The van der Waals surface area contributed by atoms with Gasteiger partial charge in [-0.15, -0.1) is 0 Å². The van der Waals surface area contributed by atoms with Crippen LogP contribution in [0.3, 0.4) is 0 Å². The Morgan fingerprint density at radius 3 is 2.32 bits per heavy atom. The lowest BCUT2D eigenvalue weighted by Gasteiger charge is -2.36. The van der Waals surface area contributed by atoms with Crippen LogP contribution in [0.4, 0.5) is 4.79 Å². The van der Waals surface area contributed by atoms with E-state index in [0.717, 1.165) is 45.3 Å². The zero-order valence-corrected chi connectivity index (χ0v) is 15.0. The third-order valence-corrected chi connectivity index (χ3v) is 5.31. The number of hydrogen-bond donors (Lipinski definition) is 2. The number of likely N-dealkylation sites (tertiary alicyclic amines) is 2. The summed E-state index contributed by atoms with van der Waals surface area (Å²) in [5, 5.41) is 9.18. The summed E-state index contributed by atoms with van der Waals surface area (Å²) in [7, 11) is 0. The SMILES string of the molecule is Cc1[nH]c(C2CCCN(C(=O)N3CCCCCCC3)C2)nc1C(=O)O. The first kappa shape index (κ1) is 17.8. The third kappa shape index (κ3) is 4.14. The molecule has 2 aliphatic rings. The minimum atomic E-state index is -1.01. The Balaban J connectivity index is 1.66. The van der Waals surface area contributed by atoms with Crippen LogP contribution in [0.25, 0.3) is 0 Å². The molecular formula is C18H28N4O3. The second-order valence-electron chi connectivity index (χ2n) is 7.22. The number of aromatic carboxylic acids is 1. The van der Waals surface area contributed by atoms with Gasteiger partial charge in [-0.25, -0.2) is 14.6 Å². The number of aromatic nitrogens is 2. The molecule has 138 valence electrons. The maximum atomic E-state index is 12.9. The minimum Gasteiger partial charge on any atom is -0.476 e. The van der Waals surface area contributed by atoms with E-state index in [-0.39, 0.29) is 17.6 Å². The van der Waals surface area contributed by atoms with E-state index in [1.54, 1.807) is 6.92 Å². The number of aromatic amines is 1. The fourth-order valence-electron chi connectivity index (χ4n) is 3.90. The van der Waals surface area contributed by atoms with Gasteiger partial charge in [0, 0.05) is 37.8 Å². The standard InChI is InChI=1S/C18H28N4O3/c1-13-15(17(23)24)20-16(19-13)14-8-7-11-22(12-14)18(25)21-9-5-3-2-4-6-10-21/h14H,2-12H2,1H3,(H,19,20)(H,23,24). The normalized spacial score (nSPS) is 22.4. The number of carbonyl (C=O) groups excluding carboxylic acids is 1.